The highest BCUT2D eigenvalue weighted by Gasteiger charge is 2.37. The molecule has 23 heavy (non-hydrogen) atoms. The molecule has 3 fully saturated rings. The van der Waals surface area contributed by atoms with Crippen LogP contribution in [0.15, 0.2) is 18.2 Å². The number of halogens is 1. The molecule has 2 atom stereocenters. The third-order valence-corrected chi connectivity index (χ3v) is 5.00. The van der Waals surface area contributed by atoms with E-state index in [4.69, 9.17) is 0 Å². The summed E-state index contributed by atoms with van der Waals surface area (Å²) in [5.74, 6) is -0.749. The van der Waals surface area contributed by atoms with Gasteiger partial charge in [-0.2, -0.15) is 0 Å². The number of benzene rings is 1. The van der Waals surface area contributed by atoms with E-state index in [1.54, 1.807) is 6.07 Å². The van der Waals surface area contributed by atoms with Gasteiger partial charge in [-0.3, -0.25) is 15.0 Å². The van der Waals surface area contributed by atoms with E-state index in [9.17, 15) is 14.0 Å². The fourth-order valence-corrected chi connectivity index (χ4v) is 3.87. The maximum atomic E-state index is 14.6. The van der Waals surface area contributed by atoms with Gasteiger partial charge in [-0.1, -0.05) is 0 Å². The minimum atomic E-state index is -0.561. The zero-order valence-corrected chi connectivity index (χ0v) is 12.7. The van der Waals surface area contributed by atoms with Gasteiger partial charge in [0.2, 0.25) is 5.91 Å². The molecule has 0 saturated carbocycles. The average molecular weight is 318 g/mol. The van der Waals surface area contributed by atoms with Crippen LogP contribution in [0.2, 0.25) is 0 Å². The van der Waals surface area contributed by atoms with Gasteiger partial charge in [-0.05, 0) is 37.6 Å². The van der Waals surface area contributed by atoms with Crippen molar-refractivity contribution in [1.82, 2.24) is 10.6 Å². The van der Waals surface area contributed by atoms with Gasteiger partial charge < -0.3 is 10.2 Å². The molecule has 3 aliphatic rings. The molecule has 0 unspecified atom stereocenters. The van der Waals surface area contributed by atoms with E-state index in [0.29, 0.717) is 12.1 Å². The predicted octanol–water partition coefficient (Wildman–Crippen LogP) is 1.21. The molecule has 3 saturated heterocycles. The molecule has 3 aliphatic heterocycles. The Hall–Kier alpha value is -2.15. The second kappa shape index (κ2) is 5.49. The Balaban J connectivity index is 1.58. The summed E-state index contributed by atoms with van der Waals surface area (Å²) in [4.78, 5) is 26.6. The van der Waals surface area contributed by atoms with Crippen LogP contribution >= 0.6 is 0 Å². The van der Waals surface area contributed by atoms with E-state index in [1.807, 2.05) is 6.07 Å². The summed E-state index contributed by atoms with van der Waals surface area (Å²) in [5, 5.41) is 5.70. The van der Waals surface area contributed by atoms with E-state index in [2.05, 4.69) is 15.5 Å². The number of nitrogens with zero attached hydrogens (tertiary/aromatic N) is 2. The second-order valence-corrected chi connectivity index (χ2v) is 6.29. The van der Waals surface area contributed by atoms with E-state index in [0.717, 1.165) is 31.6 Å². The SMILES string of the molecule is O=C1CCN(c2ccc(N3CC[C@@H]4NCC[C@@H]43)cc2F)C(=O)N1. The van der Waals surface area contributed by atoms with E-state index >= 15 is 0 Å². The molecular weight excluding hydrogens is 299 g/mol. The van der Waals surface area contributed by atoms with Crippen LogP contribution in [-0.4, -0.2) is 43.7 Å². The van der Waals surface area contributed by atoms with Crippen LogP contribution in [-0.2, 0) is 4.79 Å². The molecule has 4 rings (SSSR count). The molecule has 0 bridgehead atoms. The Bertz CT molecular complexity index is 665. The number of imide groups is 1. The number of rotatable bonds is 2. The Morgan fingerprint density at radius 1 is 1.17 bits per heavy atom. The molecule has 6 nitrogen and oxygen atoms in total. The fourth-order valence-electron chi connectivity index (χ4n) is 3.87. The topological polar surface area (TPSA) is 64.7 Å². The third-order valence-electron chi connectivity index (χ3n) is 5.00. The Morgan fingerprint density at radius 3 is 2.83 bits per heavy atom. The molecule has 1 aromatic rings. The summed E-state index contributed by atoms with van der Waals surface area (Å²) in [7, 11) is 0. The molecule has 0 aliphatic carbocycles. The monoisotopic (exact) mass is 318 g/mol. The second-order valence-electron chi connectivity index (χ2n) is 6.29. The largest absolute Gasteiger partial charge is 0.367 e. The lowest BCUT2D eigenvalue weighted by atomic mass is 10.1. The molecule has 1 aromatic carbocycles. The molecule has 2 N–H and O–H groups in total. The average Bonchev–Trinajstić information content (AvgIpc) is 3.11. The summed E-state index contributed by atoms with van der Waals surface area (Å²) < 4.78 is 14.6. The highest BCUT2D eigenvalue weighted by Crippen LogP contribution is 2.33. The van der Waals surface area contributed by atoms with Crippen LogP contribution < -0.4 is 20.4 Å². The number of urea groups is 1. The van der Waals surface area contributed by atoms with Crippen molar-refractivity contribution in [1.29, 1.82) is 0 Å². The zero-order chi connectivity index (χ0) is 16.0. The van der Waals surface area contributed by atoms with Crippen LogP contribution in [0.4, 0.5) is 20.6 Å². The molecule has 3 heterocycles. The molecule has 122 valence electrons. The van der Waals surface area contributed by atoms with E-state index in [-0.39, 0.29) is 24.6 Å². The lowest BCUT2D eigenvalue weighted by Crippen LogP contribution is -2.49. The normalized spacial score (nSPS) is 27.3. The van der Waals surface area contributed by atoms with Crippen molar-refractivity contribution in [2.45, 2.75) is 31.3 Å². The standard InChI is InChI=1S/C16H19FN4O2/c17-11-9-10(20-7-4-12-14(20)3-6-18-12)1-2-13(11)21-8-5-15(22)19-16(21)23/h1-2,9,12,14,18H,3-8H2,(H,19,22,23)/t12-,14-/m0/s1. The number of hydrogen-bond donors (Lipinski definition) is 2. The molecule has 0 spiro atoms. The number of amides is 3. The van der Waals surface area contributed by atoms with Crippen molar-refractivity contribution >= 4 is 23.3 Å². The quantitative estimate of drug-likeness (QED) is 0.860. The highest BCUT2D eigenvalue weighted by molar-refractivity contribution is 6.05. The first-order valence-electron chi connectivity index (χ1n) is 8.04. The molecule has 0 radical (unpaired) electrons. The van der Waals surface area contributed by atoms with Gasteiger partial charge in [0, 0.05) is 37.3 Å². The lowest BCUT2D eigenvalue weighted by Gasteiger charge is -2.29. The number of nitrogens with one attached hydrogen (secondary N) is 2. The minimum absolute atomic E-state index is 0.189. The van der Waals surface area contributed by atoms with Gasteiger partial charge in [0.25, 0.3) is 0 Å². The molecular formula is C16H19FN4O2. The Kier molecular flexibility index (Phi) is 3.45. The molecule has 3 amide bonds. The summed E-state index contributed by atoms with van der Waals surface area (Å²) in [6.45, 7) is 2.13. The third kappa shape index (κ3) is 2.45. The Labute approximate surface area is 133 Å². The summed E-state index contributed by atoms with van der Waals surface area (Å²) in [5.41, 5.74) is 1.08. The van der Waals surface area contributed by atoms with Gasteiger partial charge >= 0.3 is 6.03 Å². The number of carbonyl (C=O) groups is 2. The first-order valence-corrected chi connectivity index (χ1v) is 8.04. The van der Waals surface area contributed by atoms with Gasteiger partial charge in [-0.25, -0.2) is 9.18 Å². The lowest BCUT2D eigenvalue weighted by molar-refractivity contribution is -0.120. The smallest absolute Gasteiger partial charge is 0.328 e. The molecule has 7 heteroatoms. The number of carbonyl (C=O) groups excluding carboxylic acids is 2. The maximum Gasteiger partial charge on any atom is 0.328 e. The van der Waals surface area contributed by atoms with Crippen molar-refractivity contribution < 1.29 is 14.0 Å². The number of hydrogen-bond acceptors (Lipinski definition) is 4. The fraction of sp³-hybridized carbons (Fsp3) is 0.500. The number of fused-ring (bicyclic) bond motifs is 1. The summed E-state index contributed by atoms with van der Waals surface area (Å²) >= 11 is 0. The van der Waals surface area contributed by atoms with Crippen LogP contribution in [0.3, 0.4) is 0 Å². The first-order chi connectivity index (χ1) is 11.1. The summed E-state index contributed by atoms with van der Waals surface area (Å²) in [6, 6.07) is 5.36. The van der Waals surface area contributed by atoms with Crippen LogP contribution in [0.25, 0.3) is 0 Å². The van der Waals surface area contributed by atoms with Gasteiger partial charge in [0.1, 0.15) is 5.82 Å². The van der Waals surface area contributed by atoms with Gasteiger partial charge in [0.15, 0.2) is 0 Å². The van der Waals surface area contributed by atoms with E-state index < -0.39 is 11.8 Å². The van der Waals surface area contributed by atoms with Gasteiger partial charge in [-0.15, -0.1) is 0 Å². The van der Waals surface area contributed by atoms with Crippen LogP contribution in [0, 0.1) is 5.82 Å². The highest BCUT2D eigenvalue weighted by atomic mass is 19.1. The first kappa shape index (κ1) is 14.4. The minimum Gasteiger partial charge on any atom is -0.367 e. The van der Waals surface area contributed by atoms with Crippen molar-refractivity contribution in [2.24, 2.45) is 0 Å². The number of anilines is 2. The zero-order valence-electron chi connectivity index (χ0n) is 12.7. The maximum absolute atomic E-state index is 14.6. The summed E-state index contributed by atoms with van der Waals surface area (Å²) in [6.07, 6.45) is 2.34. The van der Waals surface area contributed by atoms with Crippen molar-refractivity contribution in [3.8, 4) is 0 Å². The van der Waals surface area contributed by atoms with Crippen LogP contribution in [0.1, 0.15) is 19.3 Å². The van der Waals surface area contributed by atoms with Crippen LogP contribution in [0.5, 0.6) is 0 Å². The predicted molar refractivity (Wildman–Crippen MR) is 84.1 cm³/mol. The molecule has 0 aromatic heterocycles. The van der Waals surface area contributed by atoms with E-state index in [1.165, 1.54) is 11.0 Å². The van der Waals surface area contributed by atoms with Crippen molar-refractivity contribution in [3.05, 3.63) is 24.0 Å². The van der Waals surface area contributed by atoms with Gasteiger partial charge in [0.05, 0.1) is 5.69 Å². The Morgan fingerprint density at radius 2 is 2.04 bits per heavy atom. The van der Waals surface area contributed by atoms with Crippen molar-refractivity contribution in [3.63, 3.8) is 0 Å². The van der Waals surface area contributed by atoms with Crippen molar-refractivity contribution in [2.75, 3.05) is 29.4 Å².